The van der Waals surface area contributed by atoms with Crippen LogP contribution in [-0.4, -0.2) is 39.7 Å². The Bertz CT molecular complexity index is 387. The second-order valence-corrected chi connectivity index (χ2v) is 4.66. The normalized spacial score (nSPS) is 19.9. The van der Waals surface area contributed by atoms with Gasteiger partial charge in [-0.1, -0.05) is 0 Å². The average molecular weight is 236 g/mol. The van der Waals surface area contributed by atoms with Crippen molar-refractivity contribution in [2.45, 2.75) is 31.7 Å². The Kier molecular flexibility index (Phi) is 3.84. The Balaban J connectivity index is 2.06. The fourth-order valence-corrected chi connectivity index (χ4v) is 2.56. The third-order valence-electron chi connectivity index (χ3n) is 3.50. The summed E-state index contributed by atoms with van der Waals surface area (Å²) in [6.07, 6.45) is 5.72. The Morgan fingerprint density at radius 3 is 3.06 bits per heavy atom. The van der Waals surface area contributed by atoms with E-state index in [4.69, 9.17) is 5.11 Å². The monoisotopic (exact) mass is 236 g/mol. The molecule has 1 aromatic heterocycles. The molecule has 0 saturated carbocycles. The summed E-state index contributed by atoms with van der Waals surface area (Å²) < 4.78 is 1.86. The molecular formula is C13H20N2O2. The van der Waals surface area contributed by atoms with E-state index in [0.717, 1.165) is 37.9 Å². The highest BCUT2D eigenvalue weighted by Gasteiger charge is 2.29. The van der Waals surface area contributed by atoms with Gasteiger partial charge in [-0.2, -0.15) is 0 Å². The van der Waals surface area contributed by atoms with Crippen molar-refractivity contribution in [3.8, 4) is 0 Å². The van der Waals surface area contributed by atoms with E-state index in [2.05, 4.69) is 0 Å². The minimum atomic E-state index is 0.123. The minimum absolute atomic E-state index is 0.123. The first-order chi connectivity index (χ1) is 8.24. The van der Waals surface area contributed by atoms with E-state index in [9.17, 15) is 4.79 Å². The van der Waals surface area contributed by atoms with Gasteiger partial charge < -0.3 is 14.6 Å². The van der Waals surface area contributed by atoms with Crippen LogP contribution in [-0.2, 0) is 7.05 Å². The summed E-state index contributed by atoms with van der Waals surface area (Å²) in [7, 11) is 1.89. The van der Waals surface area contributed by atoms with Crippen LogP contribution in [0.3, 0.4) is 0 Å². The lowest BCUT2D eigenvalue weighted by molar-refractivity contribution is 0.0715. The maximum Gasteiger partial charge on any atom is 0.270 e. The van der Waals surface area contributed by atoms with Crippen LogP contribution in [0, 0.1) is 0 Å². The molecule has 1 aliphatic rings. The van der Waals surface area contributed by atoms with Gasteiger partial charge in [0, 0.05) is 32.4 Å². The summed E-state index contributed by atoms with van der Waals surface area (Å²) >= 11 is 0. The number of aliphatic hydroxyl groups excluding tert-OH is 1. The highest BCUT2D eigenvalue weighted by atomic mass is 16.3. The topological polar surface area (TPSA) is 45.5 Å². The summed E-state index contributed by atoms with van der Waals surface area (Å²) in [5.41, 5.74) is 0.751. The van der Waals surface area contributed by atoms with Crippen molar-refractivity contribution in [1.29, 1.82) is 0 Å². The number of nitrogens with zero attached hydrogens (tertiary/aromatic N) is 2. The number of carbonyl (C=O) groups is 1. The van der Waals surface area contributed by atoms with Crippen molar-refractivity contribution in [3.63, 3.8) is 0 Å². The largest absolute Gasteiger partial charge is 0.396 e. The molecule has 17 heavy (non-hydrogen) atoms. The Morgan fingerprint density at radius 1 is 1.59 bits per heavy atom. The zero-order valence-electron chi connectivity index (χ0n) is 10.3. The van der Waals surface area contributed by atoms with Crippen LogP contribution in [0.25, 0.3) is 0 Å². The van der Waals surface area contributed by atoms with E-state index >= 15 is 0 Å². The molecule has 1 fully saturated rings. The number of rotatable bonds is 4. The molecule has 0 aliphatic carbocycles. The highest BCUT2D eigenvalue weighted by Crippen LogP contribution is 2.23. The van der Waals surface area contributed by atoms with Crippen molar-refractivity contribution in [3.05, 3.63) is 24.0 Å². The molecule has 1 aromatic rings. The Morgan fingerprint density at radius 2 is 2.41 bits per heavy atom. The molecule has 0 spiro atoms. The molecule has 0 radical (unpaired) electrons. The Labute approximate surface area is 102 Å². The van der Waals surface area contributed by atoms with E-state index in [-0.39, 0.29) is 12.5 Å². The molecule has 0 bridgehead atoms. The number of aliphatic hydroxyl groups is 1. The van der Waals surface area contributed by atoms with E-state index in [1.165, 1.54) is 0 Å². The van der Waals surface area contributed by atoms with Crippen LogP contribution < -0.4 is 0 Å². The molecular weight excluding hydrogens is 216 g/mol. The zero-order chi connectivity index (χ0) is 12.3. The predicted octanol–water partition coefficient (Wildman–Crippen LogP) is 1.40. The van der Waals surface area contributed by atoms with Crippen LogP contribution in [0.2, 0.25) is 0 Å². The van der Waals surface area contributed by atoms with Gasteiger partial charge in [-0.15, -0.1) is 0 Å². The summed E-state index contributed by atoms with van der Waals surface area (Å²) in [5.74, 6) is 0.123. The number of aryl methyl sites for hydroxylation is 1. The predicted molar refractivity (Wildman–Crippen MR) is 65.8 cm³/mol. The van der Waals surface area contributed by atoms with E-state index in [1.807, 2.05) is 34.8 Å². The van der Waals surface area contributed by atoms with Crippen molar-refractivity contribution < 1.29 is 9.90 Å². The van der Waals surface area contributed by atoms with E-state index in [0.29, 0.717) is 6.04 Å². The van der Waals surface area contributed by atoms with Crippen LogP contribution in [0.5, 0.6) is 0 Å². The van der Waals surface area contributed by atoms with Gasteiger partial charge in [0.1, 0.15) is 5.69 Å². The lowest BCUT2D eigenvalue weighted by Crippen LogP contribution is -2.36. The van der Waals surface area contributed by atoms with Crippen molar-refractivity contribution >= 4 is 5.91 Å². The van der Waals surface area contributed by atoms with Crippen LogP contribution in [0.15, 0.2) is 18.3 Å². The third-order valence-corrected chi connectivity index (χ3v) is 3.50. The van der Waals surface area contributed by atoms with Crippen molar-refractivity contribution in [2.24, 2.45) is 7.05 Å². The molecule has 1 saturated heterocycles. The molecule has 0 aromatic carbocycles. The average Bonchev–Trinajstić information content (AvgIpc) is 2.94. The molecule has 94 valence electrons. The summed E-state index contributed by atoms with van der Waals surface area (Å²) in [5, 5.41) is 8.87. The lowest BCUT2D eigenvalue weighted by Gasteiger charge is -2.24. The van der Waals surface area contributed by atoms with Gasteiger partial charge in [0.05, 0.1) is 0 Å². The second kappa shape index (κ2) is 5.36. The highest BCUT2D eigenvalue weighted by molar-refractivity contribution is 5.93. The first-order valence-corrected chi connectivity index (χ1v) is 6.27. The smallest absolute Gasteiger partial charge is 0.270 e. The fraction of sp³-hybridized carbons (Fsp3) is 0.615. The number of hydrogen-bond acceptors (Lipinski definition) is 2. The van der Waals surface area contributed by atoms with Crippen LogP contribution >= 0.6 is 0 Å². The molecule has 2 heterocycles. The number of likely N-dealkylation sites (tertiary alicyclic amines) is 1. The summed E-state index contributed by atoms with van der Waals surface area (Å²) in [4.78, 5) is 14.3. The molecule has 1 N–H and O–H groups in total. The first kappa shape index (κ1) is 12.2. The molecule has 4 nitrogen and oxygen atoms in total. The van der Waals surface area contributed by atoms with Crippen molar-refractivity contribution in [2.75, 3.05) is 13.2 Å². The quantitative estimate of drug-likeness (QED) is 0.859. The van der Waals surface area contributed by atoms with Gasteiger partial charge in [0.15, 0.2) is 0 Å². The van der Waals surface area contributed by atoms with Gasteiger partial charge in [-0.05, 0) is 37.8 Å². The van der Waals surface area contributed by atoms with Gasteiger partial charge in [0.2, 0.25) is 0 Å². The SMILES string of the molecule is Cn1cccc1C(=O)N1CCCC1CCCO. The minimum Gasteiger partial charge on any atom is -0.396 e. The van der Waals surface area contributed by atoms with E-state index < -0.39 is 0 Å². The molecule has 1 aliphatic heterocycles. The standard InChI is InChI=1S/C13H20N2O2/c1-14-8-3-7-12(14)13(17)15-9-2-5-11(15)6-4-10-16/h3,7-8,11,16H,2,4-6,9-10H2,1H3. The van der Waals surface area contributed by atoms with Crippen molar-refractivity contribution in [1.82, 2.24) is 9.47 Å². The number of carbonyl (C=O) groups excluding carboxylic acids is 1. The molecule has 4 heteroatoms. The summed E-state index contributed by atoms with van der Waals surface area (Å²) in [6.45, 7) is 1.06. The number of aromatic nitrogens is 1. The summed E-state index contributed by atoms with van der Waals surface area (Å²) in [6, 6.07) is 4.07. The third kappa shape index (κ3) is 2.52. The maximum absolute atomic E-state index is 12.3. The molecule has 1 atom stereocenters. The van der Waals surface area contributed by atoms with Gasteiger partial charge in [0.25, 0.3) is 5.91 Å². The maximum atomic E-state index is 12.3. The fourth-order valence-electron chi connectivity index (χ4n) is 2.56. The molecule has 1 unspecified atom stereocenters. The Hall–Kier alpha value is -1.29. The first-order valence-electron chi connectivity index (χ1n) is 6.27. The number of amides is 1. The van der Waals surface area contributed by atoms with Crippen LogP contribution in [0.1, 0.15) is 36.2 Å². The van der Waals surface area contributed by atoms with Crippen LogP contribution in [0.4, 0.5) is 0 Å². The number of hydrogen-bond donors (Lipinski definition) is 1. The lowest BCUT2D eigenvalue weighted by atomic mass is 10.1. The zero-order valence-corrected chi connectivity index (χ0v) is 10.3. The van der Waals surface area contributed by atoms with Gasteiger partial charge in [-0.25, -0.2) is 0 Å². The second-order valence-electron chi connectivity index (χ2n) is 4.66. The van der Waals surface area contributed by atoms with E-state index in [1.54, 1.807) is 0 Å². The van der Waals surface area contributed by atoms with Gasteiger partial charge in [-0.3, -0.25) is 4.79 Å². The molecule has 1 amide bonds. The molecule has 2 rings (SSSR count). The van der Waals surface area contributed by atoms with Gasteiger partial charge >= 0.3 is 0 Å².